The van der Waals surface area contributed by atoms with Crippen LogP contribution in [-0.4, -0.2) is 34.2 Å². The molecule has 4 aromatic heterocycles. The smallest absolute Gasteiger partial charge is 0.353 e. The Labute approximate surface area is 199 Å². The molecule has 0 radical (unpaired) electrons. The van der Waals surface area contributed by atoms with Gasteiger partial charge in [0.15, 0.2) is 5.65 Å². The van der Waals surface area contributed by atoms with Gasteiger partial charge in [-0.1, -0.05) is 41.9 Å². The van der Waals surface area contributed by atoms with Crippen LogP contribution in [0.25, 0.3) is 28.0 Å². The van der Waals surface area contributed by atoms with Gasteiger partial charge in [0.05, 0.1) is 40.8 Å². The van der Waals surface area contributed by atoms with Gasteiger partial charge in [-0.3, -0.25) is 9.97 Å². The number of fused-ring (bicyclic) bond motifs is 1. The molecule has 5 aromatic rings. The van der Waals surface area contributed by atoms with Gasteiger partial charge in [0.25, 0.3) is 0 Å². The Hall–Kier alpha value is -4.08. The lowest BCUT2D eigenvalue weighted by atomic mass is 9.99. The number of hydrogen-bond donors (Lipinski definition) is 2. The van der Waals surface area contributed by atoms with Crippen LogP contribution in [0.4, 0.5) is 5.95 Å². The van der Waals surface area contributed by atoms with Crippen molar-refractivity contribution in [3.63, 3.8) is 0 Å². The van der Waals surface area contributed by atoms with Crippen LogP contribution < -0.4 is 11.4 Å². The molecule has 0 aliphatic heterocycles. The molecule has 4 heterocycles. The predicted octanol–water partition coefficient (Wildman–Crippen LogP) is 3.10. The summed E-state index contributed by atoms with van der Waals surface area (Å²) < 4.78 is 2.58. The molecule has 0 saturated carbocycles. The predicted molar refractivity (Wildman–Crippen MR) is 129 cm³/mol. The number of aliphatic hydroxyl groups excluding tert-OH is 1. The first-order valence-electron chi connectivity index (χ1n) is 10.5. The molecular weight excluding hydrogens is 454 g/mol. The summed E-state index contributed by atoms with van der Waals surface area (Å²) in [7, 11) is 0. The molecule has 0 atom stereocenters. The van der Waals surface area contributed by atoms with E-state index < -0.39 is 5.69 Å². The van der Waals surface area contributed by atoms with Gasteiger partial charge < -0.3 is 10.8 Å². The molecule has 0 aliphatic carbocycles. The van der Waals surface area contributed by atoms with Crippen molar-refractivity contribution in [1.29, 1.82) is 0 Å². The van der Waals surface area contributed by atoms with E-state index in [0.29, 0.717) is 39.0 Å². The van der Waals surface area contributed by atoms with E-state index in [0.717, 1.165) is 11.1 Å². The molecule has 0 amide bonds. The van der Waals surface area contributed by atoms with Crippen molar-refractivity contribution in [2.24, 2.45) is 0 Å². The summed E-state index contributed by atoms with van der Waals surface area (Å²) >= 11 is 5.93. The minimum absolute atomic E-state index is 0.0195. The quantitative estimate of drug-likeness (QED) is 0.402. The monoisotopic (exact) mass is 473 g/mol. The van der Waals surface area contributed by atoms with E-state index in [1.165, 1.54) is 15.3 Å². The van der Waals surface area contributed by atoms with Crippen LogP contribution in [0.3, 0.4) is 0 Å². The minimum Gasteiger partial charge on any atom is -0.390 e. The fraction of sp³-hybridized carbons (Fsp3) is 0.125. The summed E-state index contributed by atoms with van der Waals surface area (Å²) in [4.78, 5) is 26.5. The van der Waals surface area contributed by atoms with E-state index >= 15 is 0 Å². The minimum atomic E-state index is -0.439. The van der Waals surface area contributed by atoms with Crippen molar-refractivity contribution in [2.45, 2.75) is 20.1 Å². The number of benzene rings is 1. The Morgan fingerprint density at radius 1 is 1.03 bits per heavy atom. The lowest BCUT2D eigenvalue weighted by Gasteiger charge is -2.13. The van der Waals surface area contributed by atoms with Crippen molar-refractivity contribution < 1.29 is 5.11 Å². The number of nitrogen functional groups attached to an aromatic ring is 1. The number of pyridine rings is 2. The average molecular weight is 474 g/mol. The molecule has 170 valence electrons. The third kappa shape index (κ3) is 3.91. The van der Waals surface area contributed by atoms with Crippen molar-refractivity contribution in [3.05, 3.63) is 93.4 Å². The third-order valence-electron chi connectivity index (χ3n) is 5.36. The average Bonchev–Trinajstić information content (AvgIpc) is 3.16. The lowest BCUT2D eigenvalue weighted by molar-refractivity contribution is 0.276. The van der Waals surface area contributed by atoms with Crippen molar-refractivity contribution >= 4 is 23.2 Å². The molecule has 0 bridgehead atoms. The fourth-order valence-corrected chi connectivity index (χ4v) is 4.00. The second kappa shape index (κ2) is 8.69. The van der Waals surface area contributed by atoms with Crippen LogP contribution in [0.5, 0.6) is 0 Å². The number of hydrogen-bond acceptors (Lipinski definition) is 7. The van der Waals surface area contributed by atoms with Crippen molar-refractivity contribution in [3.8, 4) is 22.4 Å². The summed E-state index contributed by atoms with van der Waals surface area (Å²) in [5.41, 5.74) is 10.7. The first-order valence-corrected chi connectivity index (χ1v) is 10.9. The van der Waals surface area contributed by atoms with Gasteiger partial charge in [-0.15, -0.1) is 5.10 Å². The number of nitrogens with two attached hydrogens (primary N) is 1. The summed E-state index contributed by atoms with van der Waals surface area (Å²) in [6, 6.07) is 16.6. The van der Waals surface area contributed by atoms with Gasteiger partial charge in [0, 0.05) is 17.5 Å². The fourth-order valence-electron chi connectivity index (χ4n) is 3.89. The Morgan fingerprint density at radius 2 is 1.82 bits per heavy atom. The van der Waals surface area contributed by atoms with Gasteiger partial charge in [-0.2, -0.15) is 0 Å². The number of nitrogens with zero attached hydrogens (tertiary/aromatic N) is 6. The molecule has 0 fully saturated rings. The highest BCUT2D eigenvalue weighted by Gasteiger charge is 2.22. The number of anilines is 1. The number of aromatic nitrogens is 6. The molecule has 0 saturated heterocycles. The maximum absolute atomic E-state index is 13.3. The molecule has 3 N–H and O–H groups in total. The summed E-state index contributed by atoms with van der Waals surface area (Å²) in [6.07, 6.45) is 1.52. The second-order valence-corrected chi connectivity index (χ2v) is 8.21. The maximum atomic E-state index is 13.3. The van der Waals surface area contributed by atoms with Crippen LogP contribution in [0.15, 0.2) is 65.6 Å². The van der Waals surface area contributed by atoms with Crippen LogP contribution in [-0.2, 0) is 13.2 Å². The van der Waals surface area contributed by atoms with E-state index in [1.807, 2.05) is 43.3 Å². The normalized spacial score (nSPS) is 11.3. The first-order chi connectivity index (χ1) is 16.4. The maximum Gasteiger partial charge on any atom is 0.353 e. The van der Waals surface area contributed by atoms with Gasteiger partial charge in [-0.05, 0) is 36.8 Å². The second-order valence-electron chi connectivity index (χ2n) is 7.77. The van der Waals surface area contributed by atoms with E-state index in [1.54, 1.807) is 18.2 Å². The molecule has 0 unspecified atom stereocenters. The zero-order chi connectivity index (χ0) is 23.8. The Morgan fingerprint density at radius 3 is 2.53 bits per heavy atom. The standard InChI is InChI=1S/C24H20ClN7O2/c1-14-9-16(10-19(13-33)28-14)20-21(15-5-3-2-4-6-15)29-23(26)32-22(20)30-31(24(32)34)12-18-8-7-17(25)11-27-18/h2-11,33H,12-13H2,1H3,(H2,26,29). The van der Waals surface area contributed by atoms with Gasteiger partial charge in [-0.25, -0.2) is 18.9 Å². The molecule has 0 spiro atoms. The molecule has 0 aliphatic rings. The first kappa shape index (κ1) is 21.7. The number of aliphatic hydroxyl groups is 1. The Balaban J connectivity index is 1.81. The van der Waals surface area contributed by atoms with E-state index in [9.17, 15) is 9.90 Å². The van der Waals surface area contributed by atoms with Crippen LogP contribution in [0.1, 0.15) is 17.1 Å². The zero-order valence-corrected chi connectivity index (χ0v) is 18.9. The van der Waals surface area contributed by atoms with Crippen LogP contribution in [0.2, 0.25) is 5.02 Å². The molecule has 34 heavy (non-hydrogen) atoms. The Kier molecular flexibility index (Phi) is 5.56. The highest BCUT2D eigenvalue weighted by Crippen LogP contribution is 2.34. The summed E-state index contributed by atoms with van der Waals surface area (Å²) in [5, 5.41) is 14.9. The van der Waals surface area contributed by atoms with E-state index in [4.69, 9.17) is 17.3 Å². The zero-order valence-electron chi connectivity index (χ0n) is 18.2. The van der Waals surface area contributed by atoms with E-state index in [2.05, 4.69) is 20.1 Å². The number of halogens is 1. The van der Waals surface area contributed by atoms with Crippen molar-refractivity contribution in [1.82, 2.24) is 29.1 Å². The molecule has 10 heteroatoms. The van der Waals surface area contributed by atoms with Crippen LogP contribution in [0, 0.1) is 6.92 Å². The lowest BCUT2D eigenvalue weighted by Crippen LogP contribution is -2.24. The topological polar surface area (TPSA) is 124 Å². The molecule has 9 nitrogen and oxygen atoms in total. The molecule has 5 rings (SSSR count). The van der Waals surface area contributed by atoms with E-state index in [-0.39, 0.29) is 19.1 Å². The number of aryl methyl sites for hydroxylation is 1. The highest BCUT2D eigenvalue weighted by molar-refractivity contribution is 6.30. The SMILES string of the molecule is Cc1cc(-c2c(-c3ccccc3)nc(N)n3c(=O)n(Cc4ccc(Cl)cn4)nc23)cc(CO)n1. The van der Waals surface area contributed by atoms with Crippen LogP contribution >= 0.6 is 11.6 Å². The largest absolute Gasteiger partial charge is 0.390 e. The Bertz CT molecular complexity index is 1560. The van der Waals surface area contributed by atoms with Gasteiger partial charge >= 0.3 is 5.69 Å². The molecular formula is C24H20ClN7O2. The highest BCUT2D eigenvalue weighted by atomic mass is 35.5. The summed E-state index contributed by atoms with van der Waals surface area (Å²) in [5.74, 6) is 0.0195. The molecule has 1 aromatic carbocycles. The van der Waals surface area contributed by atoms with Gasteiger partial charge in [0.1, 0.15) is 0 Å². The van der Waals surface area contributed by atoms with Crippen molar-refractivity contribution in [2.75, 3.05) is 5.73 Å². The number of rotatable bonds is 5. The third-order valence-corrected chi connectivity index (χ3v) is 5.58. The van der Waals surface area contributed by atoms with Gasteiger partial charge in [0.2, 0.25) is 5.95 Å². The summed E-state index contributed by atoms with van der Waals surface area (Å²) in [6.45, 7) is 1.75.